The Morgan fingerprint density at radius 1 is 1.10 bits per heavy atom. The molecule has 212 valence electrons. The summed E-state index contributed by atoms with van der Waals surface area (Å²) in [6, 6.07) is 14.9. The van der Waals surface area contributed by atoms with Crippen molar-refractivity contribution in [3.8, 4) is 5.75 Å². The number of hydrogen-bond donors (Lipinski definition) is 4. The van der Waals surface area contributed by atoms with Gasteiger partial charge in [0, 0.05) is 43.9 Å². The van der Waals surface area contributed by atoms with E-state index in [9.17, 15) is 14.7 Å². The number of phenols is 1. The van der Waals surface area contributed by atoms with E-state index in [4.69, 9.17) is 0 Å². The summed E-state index contributed by atoms with van der Waals surface area (Å²) >= 11 is 3.54. The lowest BCUT2D eigenvalue weighted by Crippen LogP contribution is -2.53. The predicted molar refractivity (Wildman–Crippen MR) is 164 cm³/mol. The number of aromatic hydroxyl groups is 1. The Hall–Kier alpha value is -2.36. The van der Waals surface area contributed by atoms with E-state index in [2.05, 4.69) is 45.1 Å². The third-order valence-electron chi connectivity index (χ3n) is 7.52. The second-order valence-corrected chi connectivity index (χ2v) is 13.2. The molecule has 7 nitrogen and oxygen atoms in total. The van der Waals surface area contributed by atoms with Crippen molar-refractivity contribution in [2.75, 3.05) is 43.6 Å². The highest BCUT2D eigenvalue weighted by Gasteiger charge is 2.30. The molecule has 2 aromatic carbocycles. The molecule has 1 saturated heterocycles. The maximum absolute atomic E-state index is 13.2. The molecule has 1 aliphatic carbocycles. The van der Waals surface area contributed by atoms with Crippen molar-refractivity contribution >= 4 is 41.0 Å². The van der Waals surface area contributed by atoms with Crippen LogP contribution in [0.1, 0.15) is 48.0 Å². The van der Waals surface area contributed by atoms with Gasteiger partial charge in [-0.3, -0.25) is 14.9 Å². The number of rotatable bonds is 12. The van der Waals surface area contributed by atoms with E-state index in [-0.39, 0.29) is 46.3 Å². The Morgan fingerprint density at radius 2 is 1.85 bits per heavy atom. The predicted octanol–water partition coefficient (Wildman–Crippen LogP) is 4.26. The van der Waals surface area contributed by atoms with Crippen LogP contribution in [-0.2, 0) is 11.2 Å². The molecule has 2 fully saturated rings. The first kappa shape index (κ1) is 29.6. The summed E-state index contributed by atoms with van der Waals surface area (Å²) in [5.41, 5.74) is 2.59. The summed E-state index contributed by atoms with van der Waals surface area (Å²) in [6.45, 7) is 1.10. The summed E-state index contributed by atoms with van der Waals surface area (Å²) < 4.78 is 0. The van der Waals surface area contributed by atoms with Gasteiger partial charge in [0.25, 0.3) is 5.91 Å². The molecule has 1 heterocycles. The van der Waals surface area contributed by atoms with E-state index >= 15 is 0 Å². The third kappa shape index (κ3) is 8.82. The Balaban J connectivity index is 1.53. The smallest absolute Gasteiger partial charge is 0.255 e. The third-order valence-corrected chi connectivity index (χ3v) is 10.3. The number of benzene rings is 2. The van der Waals surface area contributed by atoms with Gasteiger partial charge < -0.3 is 20.6 Å². The van der Waals surface area contributed by atoms with Crippen LogP contribution >= 0.6 is 23.5 Å². The van der Waals surface area contributed by atoms with Crippen molar-refractivity contribution in [2.45, 2.75) is 55.2 Å². The Bertz CT molecular complexity index is 1070. The first-order valence-corrected chi connectivity index (χ1v) is 16.1. The summed E-state index contributed by atoms with van der Waals surface area (Å²) in [4.78, 5) is 28.3. The maximum atomic E-state index is 13.2. The Kier molecular flexibility index (Phi) is 11.3. The Morgan fingerprint density at radius 3 is 2.51 bits per heavy atom. The molecule has 0 aromatic heterocycles. The van der Waals surface area contributed by atoms with Crippen LogP contribution in [0.25, 0.3) is 0 Å². The van der Waals surface area contributed by atoms with E-state index in [1.807, 2.05) is 25.9 Å². The van der Waals surface area contributed by atoms with E-state index < -0.39 is 0 Å². The molecule has 0 radical (unpaired) electrons. The molecular formula is C30H42N4O3S2. The average molecular weight is 571 g/mol. The van der Waals surface area contributed by atoms with E-state index in [0.717, 1.165) is 30.2 Å². The molecule has 9 heteroatoms. The van der Waals surface area contributed by atoms with Crippen molar-refractivity contribution in [3.05, 3.63) is 59.7 Å². The van der Waals surface area contributed by atoms with Gasteiger partial charge in [-0.15, -0.1) is 11.8 Å². The van der Waals surface area contributed by atoms with Crippen molar-refractivity contribution in [1.82, 2.24) is 16.0 Å². The van der Waals surface area contributed by atoms with Gasteiger partial charge in [-0.05, 0) is 60.8 Å². The summed E-state index contributed by atoms with van der Waals surface area (Å²) in [6.07, 6.45) is 7.23. The average Bonchev–Trinajstić information content (AvgIpc) is 3.50. The number of amides is 2. The van der Waals surface area contributed by atoms with Crippen LogP contribution in [0.4, 0.5) is 5.69 Å². The first-order valence-electron chi connectivity index (χ1n) is 14.0. The number of nitrogens with one attached hydrogen (secondary N) is 3. The zero-order valence-corrected chi connectivity index (χ0v) is 24.7. The molecule has 1 saturated carbocycles. The monoisotopic (exact) mass is 570 g/mol. The van der Waals surface area contributed by atoms with E-state index in [1.165, 1.54) is 43.7 Å². The lowest BCUT2D eigenvalue weighted by atomic mass is 9.91. The van der Waals surface area contributed by atoms with Crippen LogP contribution in [-0.4, -0.2) is 72.3 Å². The number of para-hydroxylation sites is 1. The van der Waals surface area contributed by atoms with Gasteiger partial charge in [0.1, 0.15) is 11.1 Å². The molecule has 2 aromatic rings. The molecule has 0 bridgehead atoms. The number of carbonyl (C=O) groups is 2. The van der Waals surface area contributed by atoms with Crippen LogP contribution in [0.2, 0.25) is 0 Å². The van der Waals surface area contributed by atoms with Gasteiger partial charge in [0.2, 0.25) is 5.91 Å². The fourth-order valence-corrected chi connectivity index (χ4v) is 7.67. The molecule has 0 spiro atoms. The van der Waals surface area contributed by atoms with Gasteiger partial charge in [-0.2, -0.15) is 11.8 Å². The number of hydrogen-bond acceptors (Lipinski definition) is 7. The second kappa shape index (κ2) is 14.9. The van der Waals surface area contributed by atoms with Crippen molar-refractivity contribution in [3.63, 3.8) is 0 Å². The van der Waals surface area contributed by atoms with Crippen molar-refractivity contribution in [2.24, 2.45) is 5.92 Å². The molecule has 2 aliphatic rings. The van der Waals surface area contributed by atoms with Crippen LogP contribution in [0.15, 0.2) is 48.5 Å². The number of nitrogens with zero attached hydrogens (tertiary/aromatic N) is 1. The molecule has 2 amide bonds. The Labute approximate surface area is 241 Å². The number of carbonyl (C=O) groups excluding carboxylic acids is 2. The van der Waals surface area contributed by atoms with Crippen LogP contribution < -0.4 is 20.9 Å². The summed E-state index contributed by atoms with van der Waals surface area (Å²) in [5, 5.41) is 19.5. The van der Waals surface area contributed by atoms with Crippen molar-refractivity contribution < 1.29 is 14.7 Å². The van der Waals surface area contributed by atoms with Gasteiger partial charge in [0.05, 0.1) is 11.6 Å². The van der Waals surface area contributed by atoms with E-state index in [0.29, 0.717) is 5.92 Å². The van der Waals surface area contributed by atoms with Crippen molar-refractivity contribution in [1.29, 1.82) is 0 Å². The normalized spacial score (nSPS) is 19.3. The first-order chi connectivity index (χ1) is 18.9. The second-order valence-electron chi connectivity index (χ2n) is 10.7. The highest BCUT2D eigenvalue weighted by Crippen LogP contribution is 2.31. The van der Waals surface area contributed by atoms with Crippen LogP contribution in [0, 0.1) is 5.92 Å². The van der Waals surface area contributed by atoms with Gasteiger partial charge in [0.15, 0.2) is 0 Å². The highest BCUT2D eigenvalue weighted by molar-refractivity contribution is 8.00. The quantitative estimate of drug-likeness (QED) is 0.303. The minimum absolute atomic E-state index is 0.0365. The fraction of sp³-hybridized carbons (Fsp3) is 0.533. The number of anilines is 1. The molecule has 4 rings (SSSR count). The number of thioether (sulfide) groups is 2. The van der Waals surface area contributed by atoms with Crippen LogP contribution in [0.3, 0.4) is 0 Å². The number of phenolic OH excluding ortho intramolecular Hbond substituents is 1. The SMILES string of the molecule is CN(C)c1ccc(CC(SCC2CCCCC2)C(CNC(=O)c2ccccc2O)NC(=O)[C@@H]2NCCS2)cc1. The van der Waals surface area contributed by atoms with Crippen LogP contribution in [0.5, 0.6) is 5.75 Å². The molecule has 3 atom stereocenters. The van der Waals surface area contributed by atoms with Gasteiger partial charge in [-0.1, -0.05) is 43.5 Å². The largest absolute Gasteiger partial charge is 0.507 e. The molecule has 4 N–H and O–H groups in total. The molecule has 39 heavy (non-hydrogen) atoms. The van der Waals surface area contributed by atoms with Gasteiger partial charge in [-0.25, -0.2) is 0 Å². The minimum atomic E-state index is -0.341. The minimum Gasteiger partial charge on any atom is -0.507 e. The topological polar surface area (TPSA) is 93.7 Å². The zero-order chi connectivity index (χ0) is 27.6. The molecular weight excluding hydrogens is 528 g/mol. The zero-order valence-electron chi connectivity index (χ0n) is 23.0. The van der Waals surface area contributed by atoms with Gasteiger partial charge >= 0.3 is 0 Å². The summed E-state index contributed by atoms with van der Waals surface area (Å²) in [5.74, 6) is 2.23. The fourth-order valence-electron chi connectivity index (χ4n) is 5.18. The maximum Gasteiger partial charge on any atom is 0.255 e. The van der Waals surface area contributed by atoms with E-state index in [1.54, 1.807) is 30.0 Å². The highest BCUT2D eigenvalue weighted by atomic mass is 32.2. The standard InChI is InChI=1S/C30H42N4O3S2/c1-34(2)23-14-12-21(13-15-23)18-27(39-20-22-8-4-3-5-9-22)25(33-29(37)30-31-16-17-38-30)19-32-28(36)24-10-6-7-11-26(24)35/h6-7,10-15,22,25,27,30-31,35H,3-5,8-9,16-20H2,1-2H3,(H,32,36)(H,33,37)/t25?,27?,30-/m1/s1. The molecule has 1 aliphatic heterocycles. The lowest BCUT2D eigenvalue weighted by molar-refractivity contribution is -0.121. The summed E-state index contributed by atoms with van der Waals surface area (Å²) in [7, 11) is 4.07. The molecule has 2 unspecified atom stereocenters. The lowest BCUT2D eigenvalue weighted by Gasteiger charge is -2.31.